The van der Waals surface area contributed by atoms with E-state index in [1.807, 2.05) is 30.3 Å². The molecule has 6 nitrogen and oxygen atoms in total. The first kappa shape index (κ1) is 17.0. The second-order valence-corrected chi connectivity index (χ2v) is 6.13. The van der Waals surface area contributed by atoms with E-state index < -0.39 is 0 Å². The number of rotatable bonds is 2. The zero-order valence-corrected chi connectivity index (χ0v) is 14.2. The number of benzene rings is 1. The lowest BCUT2D eigenvalue weighted by molar-refractivity contribution is -0.128. The summed E-state index contributed by atoms with van der Waals surface area (Å²) in [6.45, 7) is 3.66. The van der Waals surface area contributed by atoms with Crippen LogP contribution in [0.3, 0.4) is 0 Å². The first-order valence-electron chi connectivity index (χ1n) is 8.40. The van der Waals surface area contributed by atoms with E-state index in [4.69, 9.17) is 0 Å². The number of H-pyrrole nitrogens is 1. The van der Waals surface area contributed by atoms with Crippen molar-refractivity contribution < 1.29 is 9.59 Å². The number of nitrogens with one attached hydrogen (secondary N) is 1. The Bertz CT molecular complexity index is 829. The van der Waals surface area contributed by atoms with Crippen LogP contribution in [0.1, 0.15) is 23.7 Å². The summed E-state index contributed by atoms with van der Waals surface area (Å²) in [7, 11) is 0. The number of aromatic amines is 1. The molecule has 0 bridgehead atoms. The summed E-state index contributed by atoms with van der Waals surface area (Å²) < 4.78 is 0. The molecule has 0 radical (unpaired) electrons. The number of hydrogen-bond donors (Lipinski definition) is 1. The van der Waals surface area contributed by atoms with Gasteiger partial charge in [0.15, 0.2) is 0 Å². The molecule has 3 rings (SSSR count). The minimum atomic E-state index is -0.390. The number of carbonyl (C=O) groups excluding carboxylic acids is 2. The van der Waals surface area contributed by atoms with Crippen molar-refractivity contribution in [1.29, 1.82) is 0 Å². The van der Waals surface area contributed by atoms with Gasteiger partial charge in [0.25, 0.3) is 11.5 Å². The van der Waals surface area contributed by atoms with Crippen molar-refractivity contribution in [2.75, 3.05) is 26.2 Å². The quantitative estimate of drug-likeness (QED) is 0.906. The second kappa shape index (κ2) is 7.34. The van der Waals surface area contributed by atoms with Crippen molar-refractivity contribution in [3.63, 3.8) is 0 Å². The number of aromatic nitrogens is 1. The molecule has 0 unspecified atom stereocenters. The van der Waals surface area contributed by atoms with E-state index in [2.05, 4.69) is 4.98 Å². The maximum Gasteiger partial charge on any atom is 0.261 e. The highest BCUT2D eigenvalue weighted by Crippen LogP contribution is 2.15. The Balaban J connectivity index is 1.79. The fourth-order valence-corrected chi connectivity index (χ4v) is 3.03. The van der Waals surface area contributed by atoms with Crippen molar-refractivity contribution in [3.05, 3.63) is 58.4 Å². The topological polar surface area (TPSA) is 73.5 Å². The van der Waals surface area contributed by atoms with Gasteiger partial charge >= 0.3 is 0 Å². The fraction of sp³-hybridized carbons (Fsp3) is 0.316. The lowest BCUT2D eigenvalue weighted by atomic mass is 10.1. The van der Waals surface area contributed by atoms with Gasteiger partial charge < -0.3 is 14.8 Å². The number of carbonyl (C=O) groups is 2. The molecule has 0 spiro atoms. The summed E-state index contributed by atoms with van der Waals surface area (Å²) in [4.78, 5) is 42.7. The smallest absolute Gasteiger partial charge is 0.261 e. The molecule has 2 heterocycles. The Kier molecular flexibility index (Phi) is 4.97. The van der Waals surface area contributed by atoms with E-state index in [1.54, 1.807) is 21.9 Å². The van der Waals surface area contributed by atoms with E-state index in [0.717, 1.165) is 5.56 Å². The standard InChI is InChI=1S/C19H21N3O3/c1-14(23)21-10-5-11-22(13-12-21)19(25)16-8-9-17(20-18(16)24)15-6-3-2-4-7-15/h2-4,6-9H,5,10-13H2,1H3,(H,20,24). The van der Waals surface area contributed by atoms with Gasteiger partial charge in [-0.2, -0.15) is 0 Å². The van der Waals surface area contributed by atoms with Crippen LogP contribution in [0.25, 0.3) is 11.3 Å². The highest BCUT2D eigenvalue weighted by Gasteiger charge is 2.23. The summed E-state index contributed by atoms with van der Waals surface area (Å²) >= 11 is 0. The van der Waals surface area contributed by atoms with Gasteiger partial charge in [0.05, 0.1) is 0 Å². The number of hydrogen-bond acceptors (Lipinski definition) is 3. The third-order valence-electron chi connectivity index (χ3n) is 4.45. The van der Waals surface area contributed by atoms with Gasteiger partial charge in [0.2, 0.25) is 5.91 Å². The van der Waals surface area contributed by atoms with Gasteiger partial charge in [-0.15, -0.1) is 0 Å². The van der Waals surface area contributed by atoms with Crippen molar-refractivity contribution in [1.82, 2.24) is 14.8 Å². The number of amides is 2. The highest BCUT2D eigenvalue weighted by molar-refractivity contribution is 5.94. The summed E-state index contributed by atoms with van der Waals surface area (Å²) in [6.07, 6.45) is 0.714. The number of pyridine rings is 1. The average Bonchev–Trinajstić information content (AvgIpc) is 2.88. The minimum absolute atomic E-state index is 0.0133. The minimum Gasteiger partial charge on any atom is -0.341 e. The van der Waals surface area contributed by atoms with E-state index in [0.29, 0.717) is 38.3 Å². The van der Waals surface area contributed by atoms with Gasteiger partial charge in [0, 0.05) is 38.8 Å². The van der Waals surface area contributed by atoms with Crippen molar-refractivity contribution in [3.8, 4) is 11.3 Å². The van der Waals surface area contributed by atoms with Crippen molar-refractivity contribution >= 4 is 11.8 Å². The molecule has 130 valence electrons. The van der Waals surface area contributed by atoms with E-state index in [1.165, 1.54) is 6.92 Å². The third-order valence-corrected chi connectivity index (χ3v) is 4.45. The van der Waals surface area contributed by atoms with E-state index in [9.17, 15) is 14.4 Å². The molecular formula is C19H21N3O3. The summed E-state index contributed by atoms with van der Waals surface area (Å²) in [5, 5.41) is 0. The van der Waals surface area contributed by atoms with Crippen LogP contribution in [-0.4, -0.2) is 52.8 Å². The Hall–Kier alpha value is -2.89. The molecular weight excluding hydrogens is 318 g/mol. The molecule has 1 aliphatic rings. The Morgan fingerprint density at radius 2 is 1.60 bits per heavy atom. The van der Waals surface area contributed by atoms with Gasteiger partial charge in [-0.05, 0) is 24.1 Å². The molecule has 1 saturated heterocycles. The molecule has 1 aliphatic heterocycles. The Morgan fingerprint density at radius 1 is 0.920 bits per heavy atom. The van der Waals surface area contributed by atoms with Crippen LogP contribution in [0.15, 0.2) is 47.3 Å². The Morgan fingerprint density at radius 3 is 2.28 bits per heavy atom. The highest BCUT2D eigenvalue weighted by atomic mass is 16.2. The second-order valence-electron chi connectivity index (χ2n) is 6.13. The maximum atomic E-state index is 12.7. The molecule has 2 aromatic rings. The van der Waals surface area contributed by atoms with E-state index >= 15 is 0 Å². The zero-order valence-electron chi connectivity index (χ0n) is 14.2. The molecule has 25 heavy (non-hydrogen) atoms. The normalized spacial score (nSPS) is 14.9. The van der Waals surface area contributed by atoms with Crippen LogP contribution in [0, 0.1) is 0 Å². The first-order chi connectivity index (χ1) is 12.1. The third kappa shape index (κ3) is 3.79. The summed E-state index contributed by atoms with van der Waals surface area (Å²) in [6, 6.07) is 12.8. The fourth-order valence-electron chi connectivity index (χ4n) is 3.03. The van der Waals surface area contributed by atoms with Gasteiger partial charge in [-0.1, -0.05) is 30.3 Å². The predicted molar refractivity (Wildman–Crippen MR) is 95.3 cm³/mol. The van der Waals surface area contributed by atoms with Crippen LogP contribution < -0.4 is 5.56 Å². The molecule has 1 aromatic carbocycles. The van der Waals surface area contributed by atoms with Gasteiger partial charge in [-0.3, -0.25) is 14.4 Å². The lowest BCUT2D eigenvalue weighted by Gasteiger charge is -2.21. The molecule has 1 aromatic heterocycles. The first-order valence-corrected chi connectivity index (χ1v) is 8.40. The average molecular weight is 339 g/mol. The van der Waals surface area contributed by atoms with Crippen molar-refractivity contribution in [2.24, 2.45) is 0 Å². The van der Waals surface area contributed by atoms with Gasteiger partial charge in [-0.25, -0.2) is 0 Å². The van der Waals surface area contributed by atoms with Crippen LogP contribution in [0.4, 0.5) is 0 Å². The van der Waals surface area contributed by atoms with Crippen molar-refractivity contribution in [2.45, 2.75) is 13.3 Å². The zero-order chi connectivity index (χ0) is 17.8. The van der Waals surface area contributed by atoms with Crippen LogP contribution in [-0.2, 0) is 4.79 Å². The summed E-state index contributed by atoms with van der Waals surface area (Å²) in [5.74, 6) is -0.273. The Labute approximate surface area is 146 Å². The molecule has 2 amide bonds. The molecule has 0 saturated carbocycles. The molecule has 1 N–H and O–H groups in total. The summed E-state index contributed by atoms with van der Waals surface area (Å²) in [5.41, 5.74) is 1.32. The monoisotopic (exact) mass is 339 g/mol. The largest absolute Gasteiger partial charge is 0.341 e. The van der Waals surface area contributed by atoms with Gasteiger partial charge in [0.1, 0.15) is 5.56 Å². The lowest BCUT2D eigenvalue weighted by Crippen LogP contribution is -2.38. The molecule has 0 aliphatic carbocycles. The SMILES string of the molecule is CC(=O)N1CCCN(C(=O)c2ccc(-c3ccccc3)[nH]c2=O)CC1. The van der Waals surface area contributed by atoms with Crippen LogP contribution in [0.5, 0.6) is 0 Å². The molecule has 6 heteroatoms. The number of nitrogens with zero attached hydrogens (tertiary/aromatic N) is 2. The predicted octanol–water partition coefficient (Wildman–Crippen LogP) is 1.74. The molecule has 0 atom stereocenters. The maximum absolute atomic E-state index is 12.7. The van der Waals surface area contributed by atoms with E-state index in [-0.39, 0.29) is 22.9 Å². The van der Waals surface area contributed by atoms with Crippen LogP contribution in [0.2, 0.25) is 0 Å². The van der Waals surface area contributed by atoms with Crippen LogP contribution >= 0.6 is 0 Å². The molecule has 1 fully saturated rings.